The van der Waals surface area contributed by atoms with Crippen molar-refractivity contribution in [3.63, 3.8) is 0 Å². The molecule has 0 radical (unpaired) electrons. The van der Waals surface area contributed by atoms with E-state index < -0.39 is 0 Å². The smallest absolute Gasteiger partial charge is 0.163 e. The van der Waals surface area contributed by atoms with Crippen LogP contribution in [0.4, 0.5) is 0 Å². The van der Waals surface area contributed by atoms with Crippen molar-refractivity contribution in [3.8, 4) is 0 Å². The summed E-state index contributed by atoms with van der Waals surface area (Å²) in [5, 5.41) is 0. The molecule has 3 atom stereocenters. The number of fused-ring (bicyclic) bond motifs is 1. The molecule has 0 bridgehead atoms. The molecule has 0 spiro atoms. The SMILES string of the molecule is CCCCC(C)CC(CC(C)CN)C12CCOC1OCC2. The number of nitrogens with two attached hydrogens (primary N) is 1. The second-order valence-corrected chi connectivity index (χ2v) is 7.56. The van der Waals surface area contributed by atoms with Gasteiger partial charge in [-0.3, -0.25) is 0 Å². The number of unbranched alkanes of at least 4 members (excludes halogenated alkanes) is 1. The van der Waals surface area contributed by atoms with E-state index in [1.807, 2.05) is 0 Å². The van der Waals surface area contributed by atoms with Crippen LogP contribution in [0.2, 0.25) is 0 Å². The first kappa shape index (κ1) is 17.2. The second kappa shape index (κ2) is 7.94. The van der Waals surface area contributed by atoms with Crippen LogP contribution in [-0.4, -0.2) is 26.0 Å². The van der Waals surface area contributed by atoms with Gasteiger partial charge in [-0.1, -0.05) is 40.0 Å². The first-order valence-electron chi connectivity index (χ1n) is 9.05. The quantitative estimate of drug-likeness (QED) is 0.700. The van der Waals surface area contributed by atoms with Crippen LogP contribution in [0.1, 0.15) is 65.7 Å². The molecule has 0 amide bonds. The maximum atomic E-state index is 5.90. The lowest BCUT2D eigenvalue weighted by atomic mass is 9.66. The van der Waals surface area contributed by atoms with Crippen LogP contribution in [0.5, 0.6) is 0 Å². The lowest BCUT2D eigenvalue weighted by molar-refractivity contribution is -0.125. The Morgan fingerprint density at radius 2 is 1.71 bits per heavy atom. The van der Waals surface area contributed by atoms with Crippen molar-refractivity contribution in [1.29, 1.82) is 0 Å². The molecule has 124 valence electrons. The zero-order valence-corrected chi connectivity index (χ0v) is 14.3. The van der Waals surface area contributed by atoms with Crippen molar-refractivity contribution in [2.45, 2.75) is 72.0 Å². The Hall–Kier alpha value is -0.120. The molecule has 3 heteroatoms. The van der Waals surface area contributed by atoms with Gasteiger partial charge in [-0.05, 0) is 50.0 Å². The fraction of sp³-hybridized carbons (Fsp3) is 1.00. The summed E-state index contributed by atoms with van der Waals surface area (Å²) in [4.78, 5) is 0. The molecule has 3 unspecified atom stereocenters. The first-order valence-corrected chi connectivity index (χ1v) is 9.05. The van der Waals surface area contributed by atoms with Gasteiger partial charge in [0.2, 0.25) is 0 Å². The summed E-state index contributed by atoms with van der Waals surface area (Å²) < 4.78 is 11.8. The van der Waals surface area contributed by atoms with Crippen molar-refractivity contribution in [2.75, 3.05) is 19.8 Å². The molecule has 21 heavy (non-hydrogen) atoms. The molecule has 2 N–H and O–H groups in total. The molecule has 0 aliphatic carbocycles. The Morgan fingerprint density at radius 1 is 1.10 bits per heavy atom. The number of rotatable bonds is 9. The van der Waals surface area contributed by atoms with Gasteiger partial charge in [-0.2, -0.15) is 0 Å². The van der Waals surface area contributed by atoms with Crippen LogP contribution in [0.25, 0.3) is 0 Å². The monoisotopic (exact) mass is 297 g/mol. The fourth-order valence-corrected chi connectivity index (χ4v) is 4.36. The predicted molar refractivity (Wildman–Crippen MR) is 87.0 cm³/mol. The van der Waals surface area contributed by atoms with Gasteiger partial charge >= 0.3 is 0 Å². The van der Waals surface area contributed by atoms with Crippen LogP contribution >= 0.6 is 0 Å². The maximum Gasteiger partial charge on any atom is 0.163 e. The summed E-state index contributed by atoms with van der Waals surface area (Å²) >= 11 is 0. The third-order valence-corrected chi connectivity index (χ3v) is 5.78. The average molecular weight is 297 g/mol. The van der Waals surface area contributed by atoms with E-state index in [0.29, 0.717) is 11.8 Å². The van der Waals surface area contributed by atoms with Crippen LogP contribution < -0.4 is 5.73 Å². The van der Waals surface area contributed by atoms with Crippen LogP contribution in [-0.2, 0) is 9.47 Å². The highest BCUT2D eigenvalue weighted by molar-refractivity contribution is 4.97. The highest BCUT2D eigenvalue weighted by Gasteiger charge is 2.53. The predicted octanol–water partition coefficient (Wildman–Crippen LogP) is 3.96. The van der Waals surface area contributed by atoms with Crippen LogP contribution in [0.3, 0.4) is 0 Å². The lowest BCUT2D eigenvalue weighted by Crippen LogP contribution is -2.37. The molecule has 0 aromatic heterocycles. The molecular formula is C18H35NO2. The van der Waals surface area contributed by atoms with E-state index >= 15 is 0 Å². The van der Waals surface area contributed by atoms with Gasteiger partial charge in [0, 0.05) is 5.41 Å². The van der Waals surface area contributed by atoms with Gasteiger partial charge in [-0.15, -0.1) is 0 Å². The minimum atomic E-state index is 0.0610. The minimum Gasteiger partial charge on any atom is -0.352 e. The molecule has 2 fully saturated rings. The third kappa shape index (κ3) is 4.00. The molecular weight excluding hydrogens is 262 g/mol. The average Bonchev–Trinajstić information content (AvgIpc) is 3.04. The topological polar surface area (TPSA) is 44.5 Å². The Morgan fingerprint density at radius 3 is 2.29 bits per heavy atom. The van der Waals surface area contributed by atoms with Gasteiger partial charge in [0.1, 0.15) is 0 Å². The highest BCUT2D eigenvalue weighted by atomic mass is 16.7. The lowest BCUT2D eigenvalue weighted by Gasteiger charge is -2.38. The third-order valence-electron chi connectivity index (χ3n) is 5.78. The number of ether oxygens (including phenoxy) is 2. The van der Waals surface area contributed by atoms with Crippen molar-refractivity contribution >= 4 is 0 Å². The summed E-state index contributed by atoms with van der Waals surface area (Å²) in [5.41, 5.74) is 6.18. The molecule has 2 aliphatic heterocycles. The Balaban J connectivity index is 2.04. The van der Waals surface area contributed by atoms with Crippen molar-refractivity contribution in [1.82, 2.24) is 0 Å². The van der Waals surface area contributed by atoms with Gasteiger partial charge in [0.05, 0.1) is 13.2 Å². The highest BCUT2D eigenvalue weighted by Crippen LogP contribution is 2.53. The Labute approximate surface area is 130 Å². The second-order valence-electron chi connectivity index (χ2n) is 7.56. The molecule has 2 rings (SSSR count). The van der Waals surface area contributed by atoms with Crippen LogP contribution in [0, 0.1) is 23.2 Å². The Bertz CT molecular complexity index is 298. The molecule has 3 nitrogen and oxygen atoms in total. The maximum absolute atomic E-state index is 5.90. The standard InChI is InChI=1S/C18H35NO2/c1-4-5-6-14(2)11-16(12-15(3)13-19)18-7-9-20-17(18)21-10-8-18/h14-17H,4-13,19H2,1-3H3. The van der Waals surface area contributed by atoms with Gasteiger partial charge in [-0.25, -0.2) is 0 Å². The normalized spacial score (nSPS) is 32.9. The van der Waals surface area contributed by atoms with Gasteiger partial charge in [0.25, 0.3) is 0 Å². The molecule has 0 aromatic rings. The first-order chi connectivity index (χ1) is 10.1. The van der Waals surface area contributed by atoms with E-state index in [-0.39, 0.29) is 11.7 Å². The van der Waals surface area contributed by atoms with E-state index in [4.69, 9.17) is 15.2 Å². The molecule has 2 aliphatic rings. The zero-order chi connectivity index (χ0) is 15.3. The molecule has 0 aromatic carbocycles. The van der Waals surface area contributed by atoms with E-state index in [9.17, 15) is 0 Å². The summed E-state index contributed by atoms with van der Waals surface area (Å²) in [5.74, 6) is 2.11. The van der Waals surface area contributed by atoms with Crippen molar-refractivity contribution in [3.05, 3.63) is 0 Å². The summed E-state index contributed by atoms with van der Waals surface area (Å²) in [6, 6.07) is 0. The molecule has 2 saturated heterocycles. The van der Waals surface area contributed by atoms with Crippen molar-refractivity contribution < 1.29 is 9.47 Å². The van der Waals surface area contributed by atoms with E-state index in [2.05, 4.69) is 20.8 Å². The number of hydrogen-bond acceptors (Lipinski definition) is 3. The number of hydrogen-bond donors (Lipinski definition) is 1. The van der Waals surface area contributed by atoms with Gasteiger partial charge < -0.3 is 15.2 Å². The summed E-state index contributed by atoms with van der Waals surface area (Å²) in [6.45, 7) is 9.55. The summed E-state index contributed by atoms with van der Waals surface area (Å²) in [6.07, 6.45) is 8.97. The van der Waals surface area contributed by atoms with Crippen molar-refractivity contribution in [2.24, 2.45) is 28.9 Å². The largest absolute Gasteiger partial charge is 0.352 e. The minimum absolute atomic E-state index is 0.0610. The zero-order valence-electron chi connectivity index (χ0n) is 14.3. The van der Waals surface area contributed by atoms with Crippen LogP contribution in [0.15, 0.2) is 0 Å². The van der Waals surface area contributed by atoms with Gasteiger partial charge in [0.15, 0.2) is 6.29 Å². The van der Waals surface area contributed by atoms with E-state index in [1.165, 1.54) is 44.9 Å². The van der Waals surface area contributed by atoms with E-state index in [1.54, 1.807) is 0 Å². The fourth-order valence-electron chi connectivity index (χ4n) is 4.36. The molecule has 0 saturated carbocycles. The molecule has 2 heterocycles. The van der Waals surface area contributed by atoms with E-state index in [0.717, 1.165) is 25.7 Å². The Kier molecular flexibility index (Phi) is 6.51. The summed E-state index contributed by atoms with van der Waals surface area (Å²) in [7, 11) is 0.